The minimum atomic E-state index is -0.109. The van der Waals surface area contributed by atoms with Crippen LogP contribution in [0.25, 0.3) is 0 Å². The fourth-order valence-corrected chi connectivity index (χ4v) is 4.30. The Kier molecular flexibility index (Phi) is 10.8. The van der Waals surface area contributed by atoms with Gasteiger partial charge in [0.2, 0.25) is 0 Å². The normalized spacial score (nSPS) is 19.0. The summed E-state index contributed by atoms with van der Waals surface area (Å²) in [7, 11) is 0. The molecule has 128 valence electrons. The van der Waals surface area contributed by atoms with Crippen LogP contribution in [-0.4, -0.2) is 47.2 Å². The standard InChI is InChI=1S/C16H28O4S2/c1-3-15(17)19-13(2)7-11-21-9-4-10-22-12-8-14-5-6-16(18)20-14/h13-14H,3-12H2,1-2H3. The maximum atomic E-state index is 11.1. The predicted molar refractivity (Wildman–Crippen MR) is 93.5 cm³/mol. The SMILES string of the molecule is CCC(=O)OC(C)CCSCCCSCCC1CCC(=O)O1. The minimum Gasteiger partial charge on any atom is -0.463 e. The van der Waals surface area contributed by atoms with Crippen LogP contribution in [0.1, 0.15) is 52.4 Å². The lowest BCUT2D eigenvalue weighted by atomic mass is 10.2. The van der Waals surface area contributed by atoms with Crippen LogP contribution < -0.4 is 0 Å². The summed E-state index contributed by atoms with van der Waals surface area (Å²) in [6, 6.07) is 0. The number of ether oxygens (including phenoxy) is 2. The van der Waals surface area contributed by atoms with Crippen molar-refractivity contribution in [1.82, 2.24) is 0 Å². The summed E-state index contributed by atoms with van der Waals surface area (Å²) in [5.74, 6) is 4.29. The Morgan fingerprint density at radius 3 is 2.68 bits per heavy atom. The third kappa shape index (κ3) is 9.62. The lowest BCUT2D eigenvalue weighted by molar-refractivity contribution is -0.148. The minimum absolute atomic E-state index is 0.0310. The molecular weight excluding hydrogens is 320 g/mol. The highest BCUT2D eigenvalue weighted by atomic mass is 32.2. The van der Waals surface area contributed by atoms with Crippen LogP contribution >= 0.6 is 23.5 Å². The van der Waals surface area contributed by atoms with Gasteiger partial charge >= 0.3 is 11.9 Å². The van der Waals surface area contributed by atoms with Crippen molar-refractivity contribution in [1.29, 1.82) is 0 Å². The maximum absolute atomic E-state index is 11.1. The van der Waals surface area contributed by atoms with Crippen molar-refractivity contribution in [2.24, 2.45) is 0 Å². The molecule has 2 unspecified atom stereocenters. The molecule has 0 radical (unpaired) electrons. The van der Waals surface area contributed by atoms with Crippen LogP contribution in [0.4, 0.5) is 0 Å². The fraction of sp³-hybridized carbons (Fsp3) is 0.875. The van der Waals surface area contributed by atoms with Crippen molar-refractivity contribution < 1.29 is 19.1 Å². The van der Waals surface area contributed by atoms with Gasteiger partial charge in [-0.3, -0.25) is 9.59 Å². The van der Waals surface area contributed by atoms with Gasteiger partial charge in [0.15, 0.2) is 0 Å². The molecule has 0 saturated carbocycles. The van der Waals surface area contributed by atoms with E-state index in [0.29, 0.717) is 12.8 Å². The summed E-state index contributed by atoms with van der Waals surface area (Å²) in [6.45, 7) is 3.78. The molecule has 4 nitrogen and oxygen atoms in total. The summed E-state index contributed by atoms with van der Waals surface area (Å²) in [5, 5.41) is 0. The number of esters is 2. The van der Waals surface area contributed by atoms with E-state index >= 15 is 0 Å². The van der Waals surface area contributed by atoms with Gasteiger partial charge in [-0.15, -0.1) is 0 Å². The van der Waals surface area contributed by atoms with E-state index in [1.165, 1.54) is 6.42 Å². The summed E-state index contributed by atoms with van der Waals surface area (Å²) in [4.78, 5) is 22.1. The van der Waals surface area contributed by atoms with E-state index in [-0.39, 0.29) is 24.1 Å². The van der Waals surface area contributed by atoms with Crippen molar-refractivity contribution in [3.05, 3.63) is 0 Å². The molecule has 0 aromatic carbocycles. The monoisotopic (exact) mass is 348 g/mol. The van der Waals surface area contributed by atoms with Crippen LogP contribution in [0, 0.1) is 0 Å². The molecule has 6 heteroatoms. The lowest BCUT2D eigenvalue weighted by Gasteiger charge is -2.12. The zero-order valence-corrected chi connectivity index (χ0v) is 15.3. The van der Waals surface area contributed by atoms with E-state index in [0.717, 1.165) is 42.3 Å². The summed E-state index contributed by atoms with van der Waals surface area (Å²) in [5.41, 5.74) is 0. The maximum Gasteiger partial charge on any atom is 0.306 e. The number of cyclic esters (lactones) is 1. The lowest BCUT2D eigenvalue weighted by Crippen LogP contribution is -2.14. The van der Waals surface area contributed by atoms with Crippen molar-refractivity contribution in [3.8, 4) is 0 Å². The highest BCUT2D eigenvalue weighted by Crippen LogP contribution is 2.19. The second-order valence-corrected chi connectivity index (χ2v) is 7.91. The van der Waals surface area contributed by atoms with Crippen molar-refractivity contribution in [3.63, 3.8) is 0 Å². The number of hydrogen-bond acceptors (Lipinski definition) is 6. The molecule has 0 N–H and O–H groups in total. The van der Waals surface area contributed by atoms with Gasteiger partial charge in [0, 0.05) is 12.8 Å². The van der Waals surface area contributed by atoms with E-state index < -0.39 is 0 Å². The Hall–Kier alpha value is -0.360. The van der Waals surface area contributed by atoms with E-state index in [4.69, 9.17) is 9.47 Å². The van der Waals surface area contributed by atoms with Crippen molar-refractivity contribution >= 4 is 35.5 Å². The van der Waals surface area contributed by atoms with Crippen LogP contribution in [0.15, 0.2) is 0 Å². The Morgan fingerprint density at radius 1 is 1.32 bits per heavy atom. The molecule has 0 aromatic rings. The van der Waals surface area contributed by atoms with E-state index in [9.17, 15) is 9.59 Å². The molecule has 1 aliphatic heterocycles. The number of carbonyl (C=O) groups is 2. The molecule has 0 aromatic heterocycles. The first-order valence-electron chi connectivity index (χ1n) is 8.16. The van der Waals surface area contributed by atoms with Gasteiger partial charge in [-0.1, -0.05) is 6.92 Å². The van der Waals surface area contributed by atoms with Crippen LogP contribution in [0.2, 0.25) is 0 Å². The van der Waals surface area contributed by atoms with Gasteiger partial charge in [-0.25, -0.2) is 0 Å². The first-order valence-corrected chi connectivity index (χ1v) is 10.5. The van der Waals surface area contributed by atoms with Crippen LogP contribution in [0.3, 0.4) is 0 Å². The Morgan fingerprint density at radius 2 is 2.05 bits per heavy atom. The zero-order chi connectivity index (χ0) is 16.2. The Bertz CT molecular complexity index is 336. The second kappa shape index (κ2) is 12.1. The quantitative estimate of drug-likeness (QED) is 0.396. The smallest absolute Gasteiger partial charge is 0.306 e. The van der Waals surface area contributed by atoms with Gasteiger partial charge < -0.3 is 9.47 Å². The van der Waals surface area contributed by atoms with Crippen molar-refractivity contribution in [2.45, 2.75) is 64.6 Å². The summed E-state index contributed by atoms with van der Waals surface area (Å²) < 4.78 is 10.4. The van der Waals surface area contributed by atoms with E-state index in [1.807, 2.05) is 37.4 Å². The molecule has 0 aliphatic carbocycles. The molecule has 2 atom stereocenters. The Labute approximate surface area is 142 Å². The average molecular weight is 349 g/mol. The molecule has 1 aliphatic rings. The molecule has 1 heterocycles. The molecule has 22 heavy (non-hydrogen) atoms. The van der Waals surface area contributed by atoms with Gasteiger partial charge in [0.05, 0.1) is 6.10 Å². The largest absolute Gasteiger partial charge is 0.463 e. The molecular formula is C16H28O4S2. The second-order valence-electron chi connectivity index (χ2n) is 5.46. The third-order valence-corrected chi connectivity index (χ3v) is 5.62. The molecule has 1 saturated heterocycles. The molecule has 1 fully saturated rings. The first kappa shape index (κ1) is 19.7. The first-order chi connectivity index (χ1) is 10.6. The number of hydrogen-bond donors (Lipinski definition) is 0. The average Bonchev–Trinajstić information content (AvgIpc) is 2.90. The predicted octanol–water partition coefficient (Wildman–Crippen LogP) is 3.67. The number of rotatable bonds is 12. The van der Waals surface area contributed by atoms with Crippen LogP contribution in [-0.2, 0) is 19.1 Å². The van der Waals surface area contributed by atoms with Gasteiger partial charge in [-0.05, 0) is 55.6 Å². The van der Waals surface area contributed by atoms with E-state index in [2.05, 4.69) is 0 Å². The molecule has 0 amide bonds. The van der Waals surface area contributed by atoms with Crippen molar-refractivity contribution in [2.75, 3.05) is 23.0 Å². The highest BCUT2D eigenvalue weighted by molar-refractivity contribution is 8.00. The third-order valence-electron chi connectivity index (χ3n) is 3.42. The molecule has 0 spiro atoms. The number of thioether (sulfide) groups is 2. The van der Waals surface area contributed by atoms with Crippen LogP contribution in [0.5, 0.6) is 0 Å². The van der Waals surface area contributed by atoms with Gasteiger partial charge in [0.25, 0.3) is 0 Å². The van der Waals surface area contributed by atoms with Gasteiger partial charge in [-0.2, -0.15) is 23.5 Å². The summed E-state index contributed by atoms with van der Waals surface area (Å²) >= 11 is 3.87. The highest BCUT2D eigenvalue weighted by Gasteiger charge is 2.22. The number of carbonyl (C=O) groups excluding carboxylic acids is 2. The van der Waals surface area contributed by atoms with E-state index in [1.54, 1.807) is 0 Å². The zero-order valence-electron chi connectivity index (χ0n) is 13.7. The topological polar surface area (TPSA) is 52.6 Å². The molecule has 1 rings (SSSR count). The fourth-order valence-electron chi connectivity index (χ4n) is 2.08. The molecule has 0 bridgehead atoms. The summed E-state index contributed by atoms with van der Waals surface area (Å²) in [6.07, 6.45) is 5.26. The van der Waals surface area contributed by atoms with Gasteiger partial charge in [0.1, 0.15) is 6.10 Å². The Balaban J connectivity index is 1.81.